The number of ether oxygens (including phenoxy) is 1. The molecule has 0 N–H and O–H groups in total. The molecule has 1 aliphatic heterocycles. The number of hydrogen-bond donors (Lipinski definition) is 0. The third kappa shape index (κ3) is 4.57. The topological polar surface area (TPSA) is 45.7 Å². The molecule has 3 rings (SSSR count). The molecule has 0 atom stereocenters. The van der Waals surface area contributed by atoms with Crippen LogP contribution in [0.25, 0.3) is 0 Å². The minimum absolute atomic E-state index is 0.0790. The molecule has 0 bridgehead atoms. The van der Waals surface area contributed by atoms with E-state index in [0.29, 0.717) is 5.56 Å². The van der Waals surface area contributed by atoms with Crippen molar-refractivity contribution in [3.8, 4) is 5.75 Å². The zero-order chi connectivity index (χ0) is 17.6. The normalized spacial score (nSPS) is 15.7. The number of amides is 1. The van der Waals surface area contributed by atoms with Gasteiger partial charge in [-0.2, -0.15) is 0 Å². The molecule has 1 aliphatic rings. The number of nitrogens with zero attached hydrogens (tertiary/aromatic N) is 3. The van der Waals surface area contributed by atoms with Gasteiger partial charge in [0.2, 0.25) is 0 Å². The van der Waals surface area contributed by atoms with Gasteiger partial charge >= 0.3 is 0 Å². The second-order valence-corrected chi connectivity index (χ2v) is 6.56. The van der Waals surface area contributed by atoms with Crippen LogP contribution < -0.4 is 4.74 Å². The lowest BCUT2D eigenvalue weighted by atomic mass is 10.0. The highest BCUT2D eigenvalue weighted by Gasteiger charge is 2.19. The van der Waals surface area contributed by atoms with Gasteiger partial charge in [0.15, 0.2) is 0 Å². The SMILES string of the molecule is COc1cccc(Cc2cncc(C(=O)N3CCCN(C)CC3)c2)c1. The van der Waals surface area contributed by atoms with Crippen LogP contribution in [0.5, 0.6) is 5.75 Å². The number of carbonyl (C=O) groups excluding carboxylic acids is 1. The summed E-state index contributed by atoms with van der Waals surface area (Å²) in [7, 11) is 3.77. The smallest absolute Gasteiger partial charge is 0.255 e. The Morgan fingerprint density at radius 2 is 2.00 bits per heavy atom. The second-order valence-electron chi connectivity index (χ2n) is 6.56. The lowest BCUT2D eigenvalue weighted by Gasteiger charge is -2.20. The second kappa shape index (κ2) is 8.12. The number of benzene rings is 1. The van der Waals surface area contributed by atoms with E-state index < -0.39 is 0 Å². The van der Waals surface area contributed by atoms with E-state index in [2.05, 4.69) is 23.0 Å². The summed E-state index contributed by atoms with van der Waals surface area (Å²) in [6.45, 7) is 3.54. The Balaban J connectivity index is 1.73. The van der Waals surface area contributed by atoms with Gasteiger partial charge in [-0.05, 0) is 55.8 Å². The van der Waals surface area contributed by atoms with Gasteiger partial charge < -0.3 is 14.5 Å². The number of aromatic nitrogens is 1. The third-order valence-corrected chi connectivity index (χ3v) is 4.59. The van der Waals surface area contributed by atoms with Crippen LogP contribution in [0, 0.1) is 0 Å². The summed E-state index contributed by atoms with van der Waals surface area (Å²) in [5.74, 6) is 0.918. The van der Waals surface area contributed by atoms with Gasteiger partial charge in [-0.15, -0.1) is 0 Å². The Kier molecular flexibility index (Phi) is 5.66. The zero-order valence-corrected chi connectivity index (χ0v) is 14.9. The van der Waals surface area contributed by atoms with Crippen molar-refractivity contribution in [2.75, 3.05) is 40.3 Å². The van der Waals surface area contributed by atoms with E-state index in [0.717, 1.165) is 55.9 Å². The van der Waals surface area contributed by atoms with Crippen LogP contribution in [0.2, 0.25) is 0 Å². The molecule has 25 heavy (non-hydrogen) atoms. The summed E-state index contributed by atoms with van der Waals surface area (Å²) >= 11 is 0. The first kappa shape index (κ1) is 17.4. The molecule has 1 fully saturated rings. The standard InChI is InChI=1S/C20H25N3O2/c1-22-7-4-8-23(10-9-22)20(24)18-12-17(14-21-15-18)11-16-5-3-6-19(13-16)25-2/h3,5-6,12-15H,4,7-11H2,1-2H3. The van der Waals surface area contributed by atoms with Crippen molar-refractivity contribution in [1.29, 1.82) is 0 Å². The molecular weight excluding hydrogens is 314 g/mol. The molecule has 0 radical (unpaired) electrons. The first-order valence-corrected chi connectivity index (χ1v) is 8.70. The highest BCUT2D eigenvalue weighted by atomic mass is 16.5. The maximum Gasteiger partial charge on any atom is 0.255 e. The molecule has 1 saturated heterocycles. The number of pyridine rings is 1. The van der Waals surface area contributed by atoms with Crippen molar-refractivity contribution < 1.29 is 9.53 Å². The molecule has 0 unspecified atom stereocenters. The molecule has 0 aliphatic carbocycles. The highest BCUT2D eigenvalue weighted by molar-refractivity contribution is 5.94. The number of rotatable bonds is 4. The van der Waals surface area contributed by atoms with Gasteiger partial charge in [-0.1, -0.05) is 12.1 Å². The summed E-state index contributed by atoms with van der Waals surface area (Å²) in [4.78, 5) is 21.3. The van der Waals surface area contributed by atoms with E-state index in [9.17, 15) is 4.79 Å². The van der Waals surface area contributed by atoms with Crippen molar-refractivity contribution >= 4 is 5.91 Å². The average Bonchev–Trinajstić information content (AvgIpc) is 2.86. The Morgan fingerprint density at radius 1 is 1.12 bits per heavy atom. The summed E-state index contributed by atoms with van der Waals surface area (Å²) in [6, 6.07) is 9.94. The molecule has 0 spiro atoms. The Morgan fingerprint density at radius 3 is 2.84 bits per heavy atom. The minimum Gasteiger partial charge on any atom is -0.497 e. The first-order chi connectivity index (χ1) is 12.2. The maximum absolute atomic E-state index is 12.8. The molecule has 0 saturated carbocycles. The van der Waals surface area contributed by atoms with Gasteiger partial charge in [0.1, 0.15) is 5.75 Å². The van der Waals surface area contributed by atoms with Gasteiger partial charge in [-0.3, -0.25) is 9.78 Å². The van der Waals surface area contributed by atoms with Crippen molar-refractivity contribution in [1.82, 2.24) is 14.8 Å². The minimum atomic E-state index is 0.0790. The molecule has 1 aromatic heterocycles. The Bertz CT molecular complexity index is 732. The van der Waals surface area contributed by atoms with E-state index in [1.54, 1.807) is 13.3 Å². The lowest BCUT2D eigenvalue weighted by molar-refractivity contribution is 0.0762. The fourth-order valence-corrected chi connectivity index (χ4v) is 3.15. The molecule has 1 amide bonds. The van der Waals surface area contributed by atoms with Gasteiger partial charge in [-0.25, -0.2) is 0 Å². The molecule has 2 aromatic rings. The summed E-state index contributed by atoms with van der Waals surface area (Å²) in [5.41, 5.74) is 2.85. The molecule has 5 nitrogen and oxygen atoms in total. The van der Waals surface area contributed by atoms with Gasteiger partial charge in [0.25, 0.3) is 5.91 Å². The highest BCUT2D eigenvalue weighted by Crippen LogP contribution is 2.17. The largest absolute Gasteiger partial charge is 0.497 e. The van der Waals surface area contributed by atoms with E-state index in [4.69, 9.17) is 4.74 Å². The number of methoxy groups -OCH3 is 1. The van der Waals surface area contributed by atoms with Crippen LogP contribution in [0.4, 0.5) is 0 Å². The van der Waals surface area contributed by atoms with Gasteiger partial charge in [0, 0.05) is 32.0 Å². The summed E-state index contributed by atoms with van der Waals surface area (Å²) in [5, 5.41) is 0. The van der Waals surface area contributed by atoms with E-state index in [1.165, 1.54) is 0 Å². The van der Waals surface area contributed by atoms with Crippen LogP contribution in [-0.4, -0.2) is 61.0 Å². The number of carbonyl (C=O) groups is 1. The summed E-state index contributed by atoms with van der Waals surface area (Å²) < 4.78 is 5.27. The Hall–Kier alpha value is -2.40. The van der Waals surface area contributed by atoms with Crippen molar-refractivity contribution in [2.45, 2.75) is 12.8 Å². The van der Waals surface area contributed by atoms with Crippen molar-refractivity contribution in [3.05, 3.63) is 59.4 Å². The molecule has 1 aromatic carbocycles. The molecule has 132 valence electrons. The average molecular weight is 339 g/mol. The maximum atomic E-state index is 12.8. The van der Waals surface area contributed by atoms with Crippen LogP contribution >= 0.6 is 0 Å². The molecule has 2 heterocycles. The van der Waals surface area contributed by atoms with E-state index >= 15 is 0 Å². The van der Waals surface area contributed by atoms with Crippen molar-refractivity contribution in [3.63, 3.8) is 0 Å². The van der Waals surface area contributed by atoms with Crippen molar-refractivity contribution in [2.24, 2.45) is 0 Å². The van der Waals surface area contributed by atoms with Crippen LogP contribution in [0.15, 0.2) is 42.7 Å². The van der Waals surface area contributed by atoms with E-state index in [-0.39, 0.29) is 5.91 Å². The predicted octanol–water partition coefficient (Wildman–Crippen LogP) is 2.46. The lowest BCUT2D eigenvalue weighted by Crippen LogP contribution is -2.34. The fraction of sp³-hybridized carbons (Fsp3) is 0.400. The first-order valence-electron chi connectivity index (χ1n) is 8.70. The summed E-state index contributed by atoms with van der Waals surface area (Å²) in [6.07, 6.45) is 5.24. The van der Waals surface area contributed by atoms with Crippen LogP contribution in [0.1, 0.15) is 27.9 Å². The fourth-order valence-electron chi connectivity index (χ4n) is 3.15. The van der Waals surface area contributed by atoms with E-state index in [1.807, 2.05) is 35.4 Å². The third-order valence-electron chi connectivity index (χ3n) is 4.59. The van der Waals surface area contributed by atoms with Gasteiger partial charge in [0.05, 0.1) is 12.7 Å². The number of likely N-dealkylation sites (N-methyl/N-ethyl adjacent to an activating group) is 1. The monoisotopic (exact) mass is 339 g/mol. The van der Waals surface area contributed by atoms with Crippen LogP contribution in [-0.2, 0) is 6.42 Å². The number of hydrogen-bond acceptors (Lipinski definition) is 4. The Labute approximate surface area is 149 Å². The predicted molar refractivity (Wildman–Crippen MR) is 98.1 cm³/mol. The molecule has 5 heteroatoms. The quantitative estimate of drug-likeness (QED) is 0.858. The zero-order valence-electron chi connectivity index (χ0n) is 14.9. The van der Waals surface area contributed by atoms with Crippen LogP contribution in [0.3, 0.4) is 0 Å². The molecular formula is C20H25N3O2.